The summed E-state index contributed by atoms with van der Waals surface area (Å²) in [4.78, 5) is 13.7. The Bertz CT molecular complexity index is 856. The molecule has 0 aliphatic heterocycles. The third kappa shape index (κ3) is 2.97. The summed E-state index contributed by atoms with van der Waals surface area (Å²) in [6.45, 7) is 1.52. The standard InChI is InChI=1S/C19H17NO3/c1-13(21)20(16-6-8-18(22)9-7-16)17-5-3-15-12-19(23-2)10-4-14(15)11-17/h3-12,22H,1-2H3. The van der Waals surface area contributed by atoms with Gasteiger partial charge < -0.3 is 9.84 Å². The van der Waals surface area contributed by atoms with Crippen LogP contribution in [0.3, 0.4) is 0 Å². The van der Waals surface area contributed by atoms with Gasteiger partial charge in [0.15, 0.2) is 0 Å². The van der Waals surface area contributed by atoms with Crippen molar-refractivity contribution in [1.82, 2.24) is 0 Å². The Morgan fingerprint density at radius 1 is 0.913 bits per heavy atom. The Labute approximate surface area is 134 Å². The second-order valence-corrected chi connectivity index (χ2v) is 5.27. The largest absolute Gasteiger partial charge is 0.508 e. The molecular weight excluding hydrogens is 290 g/mol. The summed E-state index contributed by atoms with van der Waals surface area (Å²) in [5.41, 5.74) is 1.49. The SMILES string of the molecule is COc1ccc2cc(N(C(C)=O)c3ccc(O)cc3)ccc2c1. The first kappa shape index (κ1) is 14.9. The molecule has 0 aliphatic rings. The van der Waals surface area contributed by atoms with E-state index >= 15 is 0 Å². The van der Waals surface area contributed by atoms with Crippen molar-refractivity contribution in [3.8, 4) is 11.5 Å². The van der Waals surface area contributed by atoms with Gasteiger partial charge in [-0.1, -0.05) is 12.1 Å². The van der Waals surface area contributed by atoms with Gasteiger partial charge in [-0.15, -0.1) is 0 Å². The van der Waals surface area contributed by atoms with Gasteiger partial charge in [0.1, 0.15) is 11.5 Å². The molecule has 3 rings (SSSR count). The van der Waals surface area contributed by atoms with Crippen molar-refractivity contribution in [2.45, 2.75) is 6.92 Å². The highest BCUT2D eigenvalue weighted by Gasteiger charge is 2.14. The van der Waals surface area contributed by atoms with E-state index in [1.165, 1.54) is 6.92 Å². The number of phenols is 1. The van der Waals surface area contributed by atoms with E-state index in [1.807, 2.05) is 36.4 Å². The van der Waals surface area contributed by atoms with Crippen LogP contribution in [0.15, 0.2) is 60.7 Å². The first-order valence-corrected chi connectivity index (χ1v) is 7.26. The molecule has 4 heteroatoms. The van der Waals surface area contributed by atoms with E-state index in [-0.39, 0.29) is 11.7 Å². The van der Waals surface area contributed by atoms with Crippen LogP contribution in [0.4, 0.5) is 11.4 Å². The maximum absolute atomic E-state index is 12.1. The molecule has 0 bridgehead atoms. The molecule has 23 heavy (non-hydrogen) atoms. The summed E-state index contributed by atoms with van der Waals surface area (Å²) < 4.78 is 5.23. The average molecular weight is 307 g/mol. The van der Waals surface area contributed by atoms with E-state index in [4.69, 9.17) is 4.74 Å². The Kier molecular flexibility index (Phi) is 3.89. The van der Waals surface area contributed by atoms with E-state index < -0.39 is 0 Å². The highest BCUT2D eigenvalue weighted by atomic mass is 16.5. The van der Waals surface area contributed by atoms with Crippen molar-refractivity contribution in [3.05, 3.63) is 60.7 Å². The van der Waals surface area contributed by atoms with Crippen LogP contribution in [0.5, 0.6) is 11.5 Å². The van der Waals surface area contributed by atoms with Crippen LogP contribution >= 0.6 is 0 Å². The lowest BCUT2D eigenvalue weighted by atomic mass is 10.1. The van der Waals surface area contributed by atoms with Crippen molar-refractivity contribution >= 4 is 28.1 Å². The molecule has 3 aromatic carbocycles. The lowest BCUT2D eigenvalue weighted by Gasteiger charge is -2.22. The molecule has 0 atom stereocenters. The monoisotopic (exact) mass is 307 g/mol. The Morgan fingerprint density at radius 3 is 2.17 bits per heavy atom. The van der Waals surface area contributed by atoms with Gasteiger partial charge in [-0.2, -0.15) is 0 Å². The molecule has 0 aliphatic carbocycles. The first-order valence-electron chi connectivity index (χ1n) is 7.26. The van der Waals surface area contributed by atoms with Gasteiger partial charge in [-0.3, -0.25) is 9.69 Å². The predicted molar refractivity (Wildman–Crippen MR) is 91.4 cm³/mol. The predicted octanol–water partition coefficient (Wildman–Crippen LogP) is 4.24. The van der Waals surface area contributed by atoms with Crippen molar-refractivity contribution in [2.75, 3.05) is 12.0 Å². The number of hydrogen-bond donors (Lipinski definition) is 1. The zero-order chi connectivity index (χ0) is 16.4. The van der Waals surface area contributed by atoms with Crippen LogP contribution in [0.25, 0.3) is 10.8 Å². The number of fused-ring (bicyclic) bond motifs is 1. The van der Waals surface area contributed by atoms with Gasteiger partial charge in [0.2, 0.25) is 5.91 Å². The molecule has 0 fully saturated rings. The smallest absolute Gasteiger partial charge is 0.228 e. The second-order valence-electron chi connectivity index (χ2n) is 5.27. The minimum absolute atomic E-state index is 0.0939. The number of rotatable bonds is 3. The van der Waals surface area contributed by atoms with Crippen molar-refractivity contribution in [3.63, 3.8) is 0 Å². The molecule has 0 radical (unpaired) electrons. The fourth-order valence-electron chi connectivity index (χ4n) is 2.59. The molecule has 4 nitrogen and oxygen atoms in total. The van der Waals surface area contributed by atoms with Crippen LogP contribution in [-0.4, -0.2) is 18.1 Å². The van der Waals surface area contributed by atoms with Crippen LogP contribution in [-0.2, 0) is 4.79 Å². The van der Waals surface area contributed by atoms with Gasteiger partial charge in [-0.05, 0) is 59.3 Å². The third-order valence-electron chi connectivity index (χ3n) is 3.71. The van der Waals surface area contributed by atoms with Gasteiger partial charge in [-0.25, -0.2) is 0 Å². The van der Waals surface area contributed by atoms with Crippen LogP contribution in [0, 0.1) is 0 Å². The van der Waals surface area contributed by atoms with E-state index in [2.05, 4.69) is 0 Å². The lowest BCUT2D eigenvalue weighted by molar-refractivity contribution is -0.115. The number of hydrogen-bond acceptors (Lipinski definition) is 3. The number of amides is 1. The van der Waals surface area contributed by atoms with E-state index in [0.29, 0.717) is 5.69 Å². The number of carbonyl (C=O) groups excluding carboxylic acids is 1. The number of benzene rings is 3. The number of anilines is 2. The molecule has 0 heterocycles. The molecule has 1 N–H and O–H groups in total. The third-order valence-corrected chi connectivity index (χ3v) is 3.71. The molecule has 0 spiro atoms. The quantitative estimate of drug-likeness (QED) is 0.787. The maximum Gasteiger partial charge on any atom is 0.228 e. The van der Waals surface area contributed by atoms with Gasteiger partial charge in [0.05, 0.1) is 7.11 Å². The van der Waals surface area contributed by atoms with E-state index in [1.54, 1.807) is 36.3 Å². The zero-order valence-corrected chi connectivity index (χ0v) is 13.0. The van der Waals surface area contributed by atoms with Gasteiger partial charge >= 0.3 is 0 Å². The summed E-state index contributed by atoms with van der Waals surface area (Å²) in [6.07, 6.45) is 0. The average Bonchev–Trinajstić information content (AvgIpc) is 2.56. The van der Waals surface area contributed by atoms with Gasteiger partial charge in [0.25, 0.3) is 0 Å². The number of aromatic hydroxyl groups is 1. The summed E-state index contributed by atoms with van der Waals surface area (Å²) in [7, 11) is 1.64. The molecule has 0 saturated heterocycles. The number of methoxy groups -OCH3 is 1. The van der Waals surface area contributed by atoms with Crippen molar-refractivity contribution in [2.24, 2.45) is 0 Å². The Balaban J connectivity index is 2.07. The zero-order valence-electron chi connectivity index (χ0n) is 13.0. The summed E-state index contributed by atoms with van der Waals surface area (Å²) in [5, 5.41) is 11.5. The maximum atomic E-state index is 12.1. The molecule has 0 unspecified atom stereocenters. The molecule has 0 aromatic heterocycles. The number of nitrogens with zero attached hydrogens (tertiary/aromatic N) is 1. The van der Waals surface area contributed by atoms with Crippen molar-refractivity contribution in [1.29, 1.82) is 0 Å². The summed E-state index contributed by atoms with van der Waals surface area (Å²) >= 11 is 0. The molecule has 116 valence electrons. The van der Waals surface area contributed by atoms with Crippen LogP contribution in [0.1, 0.15) is 6.92 Å². The minimum Gasteiger partial charge on any atom is -0.508 e. The number of carbonyl (C=O) groups is 1. The fraction of sp³-hybridized carbons (Fsp3) is 0.105. The second kappa shape index (κ2) is 6.01. The topological polar surface area (TPSA) is 49.8 Å². The molecular formula is C19H17NO3. The van der Waals surface area contributed by atoms with Crippen molar-refractivity contribution < 1.29 is 14.6 Å². The first-order chi connectivity index (χ1) is 11.1. The van der Waals surface area contributed by atoms with Gasteiger partial charge in [0, 0.05) is 18.3 Å². The summed E-state index contributed by atoms with van der Waals surface area (Å²) in [5.74, 6) is 0.874. The molecule has 3 aromatic rings. The molecule has 1 amide bonds. The normalized spacial score (nSPS) is 10.5. The highest BCUT2D eigenvalue weighted by molar-refractivity contribution is 6.01. The van der Waals surface area contributed by atoms with Crippen LogP contribution in [0.2, 0.25) is 0 Å². The fourth-order valence-corrected chi connectivity index (χ4v) is 2.59. The van der Waals surface area contributed by atoms with Crippen LogP contribution < -0.4 is 9.64 Å². The summed E-state index contributed by atoms with van der Waals surface area (Å²) in [6, 6.07) is 18.2. The number of ether oxygens (including phenoxy) is 1. The molecule has 0 saturated carbocycles. The highest BCUT2D eigenvalue weighted by Crippen LogP contribution is 2.31. The lowest BCUT2D eigenvalue weighted by Crippen LogP contribution is -2.22. The number of phenolic OH excluding ortho intramolecular Hbond substituents is 1. The van der Waals surface area contributed by atoms with E-state index in [0.717, 1.165) is 22.2 Å². The van der Waals surface area contributed by atoms with E-state index in [9.17, 15) is 9.90 Å². The Hall–Kier alpha value is -3.01. The Morgan fingerprint density at radius 2 is 1.52 bits per heavy atom. The minimum atomic E-state index is -0.0939.